The lowest BCUT2D eigenvalue weighted by atomic mass is 9.90. The standard InChI is InChI=1S/C20H25FN2OS/c21-17-3-1-15(2-4-17)13-16-7-9-23(10-8-16)11-12-25-18-5-6-19(22)20(24)14-18/h1-6,14,16,24H,7-13,22H2. The van der Waals surface area contributed by atoms with Gasteiger partial charge < -0.3 is 15.7 Å². The predicted molar refractivity (Wildman–Crippen MR) is 103 cm³/mol. The molecule has 1 heterocycles. The monoisotopic (exact) mass is 360 g/mol. The van der Waals surface area contributed by atoms with Crippen LogP contribution in [0.4, 0.5) is 10.1 Å². The van der Waals surface area contributed by atoms with Crippen LogP contribution in [0.1, 0.15) is 18.4 Å². The normalized spacial score (nSPS) is 16.2. The SMILES string of the molecule is Nc1ccc(SCCN2CCC(Cc3ccc(F)cc3)CC2)cc1O. The van der Waals surface area contributed by atoms with Crippen LogP contribution >= 0.6 is 11.8 Å². The van der Waals surface area contributed by atoms with Gasteiger partial charge in [0.2, 0.25) is 0 Å². The van der Waals surface area contributed by atoms with Crippen molar-refractivity contribution in [2.45, 2.75) is 24.2 Å². The Balaban J connectivity index is 1.37. The molecule has 3 rings (SSSR count). The molecule has 1 aliphatic rings. The van der Waals surface area contributed by atoms with Gasteiger partial charge in [-0.3, -0.25) is 0 Å². The lowest BCUT2D eigenvalue weighted by Crippen LogP contribution is -2.35. The maximum Gasteiger partial charge on any atom is 0.139 e. The molecule has 3 N–H and O–H groups in total. The van der Waals surface area contributed by atoms with E-state index in [1.54, 1.807) is 36.0 Å². The molecular weight excluding hydrogens is 335 g/mol. The molecule has 0 bridgehead atoms. The number of aromatic hydroxyl groups is 1. The van der Waals surface area contributed by atoms with Crippen molar-refractivity contribution in [3.8, 4) is 5.75 Å². The van der Waals surface area contributed by atoms with Crippen LogP contribution in [-0.4, -0.2) is 35.4 Å². The summed E-state index contributed by atoms with van der Waals surface area (Å²) in [5.41, 5.74) is 7.28. The molecule has 0 atom stereocenters. The van der Waals surface area contributed by atoms with Crippen LogP contribution < -0.4 is 5.73 Å². The van der Waals surface area contributed by atoms with Gasteiger partial charge in [0.1, 0.15) is 11.6 Å². The molecule has 1 saturated heterocycles. The topological polar surface area (TPSA) is 49.5 Å². The lowest BCUT2D eigenvalue weighted by molar-refractivity contribution is 0.193. The predicted octanol–water partition coefficient (Wildman–Crippen LogP) is 4.16. The van der Waals surface area contributed by atoms with Gasteiger partial charge in [-0.1, -0.05) is 12.1 Å². The van der Waals surface area contributed by atoms with E-state index in [1.165, 1.54) is 18.4 Å². The fourth-order valence-corrected chi connectivity index (χ4v) is 4.22. The highest BCUT2D eigenvalue weighted by atomic mass is 32.2. The number of nitrogens with zero attached hydrogens (tertiary/aromatic N) is 1. The van der Waals surface area contributed by atoms with Crippen molar-refractivity contribution in [2.24, 2.45) is 5.92 Å². The van der Waals surface area contributed by atoms with Gasteiger partial charge in [-0.05, 0) is 74.2 Å². The molecular formula is C20H25FN2OS. The van der Waals surface area contributed by atoms with Crippen LogP contribution in [0.15, 0.2) is 47.4 Å². The summed E-state index contributed by atoms with van der Waals surface area (Å²) in [6.45, 7) is 3.30. The Bertz CT molecular complexity index is 685. The third-order valence-electron chi connectivity index (χ3n) is 4.82. The van der Waals surface area contributed by atoms with Crippen LogP contribution in [0.3, 0.4) is 0 Å². The fraction of sp³-hybridized carbons (Fsp3) is 0.400. The number of benzene rings is 2. The number of hydrogen-bond donors (Lipinski definition) is 2. The van der Waals surface area contributed by atoms with Gasteiger partial charge in [0.15, 0.2) is 0 Å². The zero-order valence-electron chi connectivity index (χ0n) is 14.3. The average Bonchev–Trinajstić information content (AvgIpc) is 2.61. The third kappa shape index (κ3) is 5.38. The van der Waals surface area contributed by atoms with Gasteiger partial charge in [-0.15, -0.1) is 11.8 Å². The minimum atomic E-state index is -0.162. The number of phenols is 1. The highest BCUT2D eigenvalue weighted by Gasteiger charge is 2.19. The minimum Gasteiger partial charge on any atom is -0.506 e. The number of anilines is 1. The van der Waals surface area contributed by atoms with E-state index in [9.17, 15) is 9.50 Å². The van der Waals surface area contributed by atoms with E-state index in [-0.39, 0.29) is 11.6 Å². The average molecular weight is 360 g/mol. The zero-order chi connectivity index (χ0) is 17.6. The molecule has 0 amide bonds. The summed E-state index contributed by atoms with van der Waals surface area (Å²) in [5, 5.41) is 9.64. The van der Waals surface area contributed by atoms with Crippen LogP contribution in [0.25, 0.3) is 0 Å². The van der Waals surface area contributed by atoms with Crippen molar-refractivity contribution in [3.63, 3.8) is 0 Å². The summed E-state index contributed by atoms with van der Waals surface area (Å²) in [4.78, 5) is 3.56. The van der Waals surface area contributed by atoms with Crippen LogP contribution in [0, 0.1) is 11.7 Å². The van der Waals surface area contributed by atoms with Gasteiger partial charge >= 0.3 is 0 Å². The molecule has 0 aromatic heterocycles. The van der Waals surface area contributed by atoms with Crippen LogP contribution in [-0.2, 0) is 6.42 Å². The summed E-state index contributed by atoms with van der Waals surface area (Å²) in [6, 6.07) is 12.3. The molecule has 1 aliphatic heterocycles. The molecule has 2 aromatic carbocycles. The van der Waals surface area contributed by atoms with E-state index in [2.05, 4.69) is 4.90 Å². The number of hydrogen-bond acceptors (Lipinski definition) is 4. The number of nitrogen functional groups attached to an aromatic ring is 1. The first-order valence-electron chi connectivity index (χ1n) is 8.78. The second kappa shape index (κ2) is 8.59. The first kappa shape index (κ1) is 18.1. The van der Waals surface area contributed by atoms with E-state index in [0.29, 0.717) is 11.6 Å². The molecule has 1 fully saturated rings. The highest BCUT2D eigenvalue weighted by molar-refractivity contribution is 7.99. The van der Waals surface area contributed by atoms with Gasteiger partial charge in [0.05, 0.1) is 5.69 Å². The second-order valence-corrected chi connectivity index (χ2v) is 7.85. The number of phenolic OH excluding ortho intramolecular Hbond substituents is 1. The second-order valence-electron chi connectivity index (χ2n) is 6.68. The van der Waals surface area contributed by atoms with E-state index in [4.69, 9.17) is 5.73 Å². The molecule has 0 radical (unpaired) electrons. The summed E-state index contributed by atoms with van der Waals surface area (Å²) in [6.07, 6.45) is 3.45. The van der Waals surface area contributed by atoms with Gasteiger partial charge in [-0.2, -0.15) is 0 Å². The van der Waals surface area contributed by atoms with Crippen LogP contribution in [0.2, 0.25) is 0 Å². The Kier molecular flexibility index (Phi) is 6.21. The summed E-state index contributed by atoms with van der Waals surface area (Å²) >= 11 is 1.75. The van der Waals surface area contributed by atoms with Crippen molar-refractivity contribution in [3.05, 3.63) is 53.8 Å². The summed E-state index contributed by atoms with van der Waals surface area (Å²) < 4.78 is 13.0. The molecule has 0 aliphatic carbocycles. The van der Waals surface area contributed by atoms with Gasteiger partial charge in [0.25, 0.3) is 0 Å². The molecule has 0 unspecified atom stereocenters. The first-order valence-corrected chi connectivity index (χ1v) is 9.77. The number of thioether (sulfide) groups is 1. The number of nitrogens with two attached hydrogens (primary N) is 1. The molecule has 2 aromatic rings. The minimum absolute atomic E-state index is 0.159. The van der Waals surface area contributed by atoms with Crippen molar-refractivity contribution < 1.29 is 9.50 Å². The zero-order valence-corrected chi connectivity index (χ0v) is 15.1. The van der Waals surface area contributed by atoms with Gasteiger partial charge in [-0.25, -0.2) is 4.39 Å². The fourth-order valence-electron chi connectivity index (χ4n) is 3.27. The summed E-state index contributed by atoms with van der Waals surface area (Å²) in [7, 11) is 0. The molecule has 3 nitrogen and oxygen atoms in total. The highest BCUT2D eigenvalue weighted by Crippen LogP contribution is 2.28. The Morgan fingerprint density at radius 2 is 1.84 bits per heavy atom. The summed E-state index contributed by atoms with van der Waals surface area (Å²) in [5.74, 6) is 1.70. The number of likely N-dealkylation sites (tertiary alicyclic amines) is 1. The molecule has 0 saturated carbocycles. The maximum atomic E-state index is 13.0. The molecule has 134 valence electrons. The van der Waals surface area contributed by atoms with Crippen molar-refractivity contribution in [1.82, 2.24) is 4.90 Å². The van der Waals surface area contributed by atoms with E-state index < -0.39 is 0 Å². The van der Waals surface area contributed by atoms with Crippen molar-refractivity contribution in [2.75, 3.05) is 31.1 Å². The number of piperidine rings is 1. The maximum absolute atomic E-state index is 13.0. The Hall–Kier alpha value is -1.72. The quantitative estimate of drug-likeness (QED) is 0.461. The van der Waals surface area contributed by atoms with E-state index in [1.807, 2.05) is 18.2 Å². The van der Waals surface area contributed by atoms with Crippen LogP contribution in [0.5, 0.6) is 5.75 Å². The Labute approximate surface area is 153 Å². The van der Waals surface area contributed by atoms with E-state index >= 15 is 0 Å². The largest absolute Gasteiger partial charge is 0.506 e. The first-order chi connectivity index (χ1) is 12.1. The van der Waals surface area contributed by atoms with E-state index in [0.717, 1.165) is 36.7 Å². The molecule has 0 spiro atoms. The Morgan fingerprint density at radius 1 is 1.12 bits per heavy atom. The molecule has 5 heteroatoms. The smallest absolute Gasteiger partial charge is 0.139 e. The Morgan fingerprint density at radius 3 is 2.52 bits per heavy atom. The number of rotatable bonds is 6. The van der Waals surface area contributed by atoms with Crippen molar-refractivity contribution >= 4 is 17.4 Å². The third-order valence-corrected chi connectivity index (χ3v) is 5.80. The van der Waals surface area contributed by atoms with Crippen molar-refractivity contribution in [1.29, 1.82) is 0 Å². The molecule has 25 heavy (non-hydrogen) atoms. The lowest BCUT2D eigenvalue weighted by Gasteiger charge is -2.32. The van der Waals surface area contributed by atoms with Gasteiger partial charge in [0, 0.05) is 17.2 Å². The number of halogens is 1.